The Hall–Kier alpha value is -3.74. The molecule has 7 heteroatoms. The van der Waals surface area contributed by atoms with Gasteiger partial charge in [-0.25, -0.2) is 19.9 Å². The highest BCUT2D eigenvalue weighted by molar-refractivity contribution is 5.83. The van der Waals surface area contributed by atoms with Crippen LogP contribution in [0.5, 0.6) is 0 Å². The topological polar surface area (TPSA) is 84.3 Å². The normalized spacial score (nSPS) is 12.5. The molecule has 7 nitrogen and oxygen atoms in total. The zero-order chi connectivity index (χ0) is 19.1. The highest BCUT2D eigenvalue weighted by Gasteiger charge is 2.20. The van der Waals surface area contributed by atoms with Gasteiger partial charge >= 0.3 is 0 Å². The quantitative estimate of drug-likeness (QED) is 0.497. The number of fused-ring (bicyclic) bond motifs is 2. The van der Waals surface area contributed by atoms with Gasteiger partial charge in [-0.1, -0.05) is 30.3 Å². The largest absolute Gasteiger partial charge is 0.358 e. The monoisotopic (exact) mass is 369 g/mol. The molecular formula is C21H19N7. The first-order valence-corrected chi connectivity index (χ1v) is 9.16. The lowest BCUT2D eigenvalue weighted by Crippen LogP contribution is -2.14. The van der Waals surface area contributed by atoms with Crippen LogP contribution in [0.2, 0.25) is 0 Å². The summed E-state index contributed by atoms with van der Waals surface area (Å²) < 4.78 is 2.22. The van der Waals surface area contributed by atoms with Gasteiger partial charge in [-0.05, 0) is 37.6 Å². The number of nitrogens with one attached hydrogen (secondary N) is 2. The number of anilines is 1. The van der Waals surface area contributed by atoms with Crippen molar-refractivity contribution in [2.24, 2.45) is 0 Å². The molecule has 1 atom stereocenters. The Morgan fingerprint density at radius 2 is 1.86 bits per heavy atom. The number of nitrogens with zero attached hydrogens (tertiary/aromatic N) is 5. The number of rotatable bonds is 4. The van der Waals surface area contributed by atoms with Gasteiger partial charge in [0.2, 0.25) is 0 Å². The molecule has 0 radical (unpaired) electrons. The van der Waals surface area contributed by atoms with Gasteiger partial charge in [-0.3, -0.25) is 4.57 Å². The minimum atomic E-state index is -0.0894. The Morgan fingerprint density at radius 3 is 2.71 bits per heavy atom. The molecule has 2 N–H and O–H groups in total. The van der Waals surface area contributed by atoms with E-state index in [0.29, 0.717) is 11.5 Å². The zero-order valence-electron chi connectivity index (χ0n) is 15.6. The van der Waals surface area contributed by atoms with Gasteiger partial charge in [-0.2, -0.15) is 0 Å². The summed E-state index contributed by atoms with van der Waals surface area (Å²) in [5, 5.41) is 3.47. The maximum absolute atomic E-state index is 4.94. The highest BCUT2D eigenvalue weighted by Crippen LogP contribution is 2.29. The van der Waals surface area contributed by atoms with Crippen molar-refractivity contribution in [2.45, 2.75) is 19.9 Å². The molecule has 138 valence electrons. The summed E-state index contributed by atoms with van der Waals surface area (Å²) in [6.45, 7) is 4.20. The average molecular weight is 369 g/mol. The second-order valence-corrected chi connectivity index (χ2v) is 6.77. The first-order valence-electron chi connectivity index (χ1n) is 9.16. The van der Waals surface area contributed by atoms with Crippen LogP contribution in [0.1, 0.15) is 24.4 Å². The number of imidazole rings is 2. The van der Waals surface area contributed by atoms with Crippen molar-refractivity contribution in [3.63, 3.8) is 0 Å². The molecule has 28 heavy (non-hydrogen) atoms. The van der Waals surface area contributed by atoms with Crippen molar-refractivity contribution >= 4 is 28.0 Å². The minimum absolute atomic E-state index is 0.0894. The lowest BCUT2D eigenvalue weighted by atomic mass is 10.2. The first kappa shape index (κ1) is 16.4. The fourth-order valence-electron chi connectivity index (χ4n) is 3.59. The summed E-state index contributed by atoms with van der Waals surface area (Å²) in [4.78, 5) is 20.8. The van der Waals surface area contributed by atoms with Gasteiger partial charge in [0.15, 0.2) is 11.5 Å². The molecule has 2 aromatic carbocycles. The minimum Gasteiger partial charge on any atom is -0.358 e. The Labute approximate surface area is 161 Å². The third-order valence-corrected chi connectivity index (χ3v) is 4.88. The van der Waals surface area contributed by atoms with Crippen molar-refractivity contribution in [3.05, 3.63) is 72.6 Å². The van der Waals surface area contributed by atoms with Crippen molar-refractivity contribution in [2.75, 3.05) is 5.32 Å². The summed E-state index contributed by atoms with van der Waals surface area (Å²) in [5.74, 6) is 1.63. The maximum Gasteiger partial charge on any atom is 0.182 e. The van der Waals surface area contributed by atoms with E-state index in [1.54, 1.807) is 6.33 Å². The molecule has 0 aliphatic rings. The predicted octanol–water partition coefficient (Wildman–Crippen LogP) is 4.17. The molecule has 1 unspecified atom stereocenters. The van der Waals surface area contributed by atoms with Gasteiger partial charge in [0.05, 0.1) is 23.4 Å². The second-order valence-electron chi connectivity index (χ2n) is 6.77. The highest BCUT2D eigenvalue weighted by atomic mass is 15.2. The van der Waals surface area contributed by atoms with Crippen LogP contribution in [-0.4, -0.2) is 29.5 Å². The summed E-state index contributed by atoms with van der Waals surface area (Å²) in [5.41, 5.74) is 5.78. The molecule has 0 spiro atoms. The number of H-pyrrole nitrogens is 1. The number of aromatic amines is 1. The number of benzene rings is 2. The third-order valence-electron chi connectivity index (χ3n) is 4.88. The van der Waals surface area contributed by atoms with Crippen molar-refractivity contribution in [3.8, 4) is 5.69 Å². The SMILES string of the molecule is Cc1cccc2nc(C(C)Nc3ncnc4nc[nH]c34)n(-c3ccccc3)c12. The molecule has 0 aliphatic heterocycles. The van der Waals surface area contributed by atoms with E-state index in [0.717, 1.165) is 28.1 Å². The van der Waals surface area contributed by atoms with E-state index in [4.69, 9.17) is 4.98 Å². The van der Waals surface area contributed by atoms with E-state index >= 15 is 0 Å². The van der Waals surface area contributed by atoms with E-state index in [-0.39, 0.29) is 6.04 Å². The van der Waals surface area contributed by atoms with Crippen LogP contribution in [0.25, 0.3) is 27.9 Å². The lowest BCUT2D eigenvalue weighted by molar-refractivity contribution is 0.769. The summed E-state index contributed by atoms with van der Waals surface area (Å²) in [6, 6.07) is 16.4. The van der Waals surface area contributed by atoms with Gasteiger partial charge in [0, 0.05) is 5.69 Å². The van der Waals surface area contributed by atoms with E-state index in [1.807, 2.05) is 24.3 Å². The Balaban J connectivity index is 1.66. The summed E-state index contributed by atoms with van der Waals surface area (Å²) >= 11 is 0. The molecule has 0 saturated carbocycles. The zero-order valence-corrected chi connectivity index (χ0v) is 15.6. The van der Waals surface area contributed by atoms with Crippen LogP contribution in [0.15, 0.2) is 61.2 Å². The predicted molar refractivity (Wildman–Crippen MR) is 110 cm³/mol. The molecule has 0 aliphatic carbocycles. The third kappa shape index (κ3) is 2.60. The number of hydrogen-bond donors (Lipinski definition) is 2. The van der Waals surface area contributed by atoms with E-state index in [1.165, 1.54) is 11.9 Å². The number of aromatic nitrogens is 6. The molecule has 5 rings (SSSR count). The summed E-state index contributed by atoms with van der Waals surface area (Å²) in [7, 11) is 0. The van der Waals surface area contributed by atoms with Crippen molar-refractivity contribution in [1.82, 2.24) is 29.5 Å². The van der Waals surface area contributed by atoms with E-state index < -0.39 is 0 Å². The molecule has 0 amide bonds. The Kier molecular flexibility index (Phi) is 3.79. The molecule has 3 heterocycles. The van der Waals surface area contributed by atoms with Crippen LogP contribution >= 0.6 is 0 Å². The molecule has 0 fully saturated rings. The van der Waals surface area contributed by atoms with Crippen molar-refractivity contribution < 1.29 is 0 Å². The molecule has 5 aromatic rings. The van der Waals surface area contributed by atoms with Crippen LogP contribution in [0, 0.1) is 6.92 Å². The molecule has 3 aromatic heterocycles. The number of aryl methyl sites for hydroxylation is 1. The fraction of sp³-hybridized carbons (Fsp3) is 0.143. The van der Waals surface area contributed by atoms with Gasteiger partial charge in [-0.15, -0.1) is 0 Å². The standard InChI is InChI=1S/C21H19N7/c1-13-7-6-10-16-18(13)28(15-8-4-3-5-9-15)21(27-16)14(2)26-20-17-19(23-11-22-17)24-12-25-20/h3-12,14H,1-2H3,(H2,22,23,24,25,26). The smallest absolute Gasteiger partial charge is 0.182 e. The molecule has 0 saturated heterocycles. The fourth-order valence-corrected chi connectivity index (χ4v) is 3.59. The lowest BCUT2D eigenvalue weighted by Gasteiger charge is -2.17. The van der Waals surface area contributed by atoms with Crippen LogP contribution in [0.3, 0.4) is 0 Å². The first-order chi connectivity index (χ1) is 13.7. The summed E-state index contributed by atoms with van der Waals surface area (Å²) in [6.07, 6.45) is 3.14. The van der Waals surface area contributed by atoms with E-state index in [2.05, 4.69) is 67.9 Å². The Bertz CT molecular complexity index is 1270. The van der Waals surface area contributed by atoms with Crippen molar-refractivity contribution in [1.29, 1.82) is 0 Å². The average Bonchev–Trinajstić information content (AvgIpc) is 3.34. The maximum atomic E-state index is 4.94. The number of hydrogen-bond acceptors (Lipinski definition) is 5. The molecule has 0 bridgehead atoms. The Morgan fingerprint density at radius 1 is 1.00 bits per heavy atom. The molecular weight excluding hydrogens is 350 g/mol. The van der Waals surface area contributed by atoms with Gasteiger partial charge < -0.3 is 10.3 Å². The van der Waals surface area contributed by atoms with Gasteiger partial charge in [0.25, 0.3) is 0 Å². The van der Waals surface area contributed by atoms with Crippen LogP contribution in [0.4, 0.5) is 5.82 Å². The van der Waals surface area contributed by atoms with Crippen LogP contribution < -0.4 is 5.32 Å². The van der Waals surface area contributed by atoms with Crippen LogP contribution in [-0.2, 0) is 0 Å². The second kappa shape index (κ2) is 6.45. The van der Waals surface area contributed by atoms with Gasteiger partial charge in [0.1, 0.15) is 17.7 Å². The number of para-hydroxylation sites is 2. The van der Waals surface area contributed by atoms with E-state index in [9.17, 15) is 0 Å².